The van der Waals surface area contributed by atoms with E-state index < -0.39 is 6.10 Å². The van der Waals surface area contributed by atoms with E-state index in [1.807, 2.05) is 36.4 Å². The van der Waals surface area contributed by atoms with Gasteiger partial charge in [-0.3, -0.25) is 9.69 Å². The molecule has 1 atom stereocenters. The summed E-state index contributed by atoms with van der Waals surface area (Å²) in [6.45, 7) is 4.83. The van der Waals surface area contributed by atoms with Crippen molar-refractivity contribution in [2.75, 3.05) is 61.9 Å². The van der Waals surface area contributed by atoms with E-state index in [-0.39, 0.29) is 5.91 Å². The number of hydrogen-bond donors (Lipinski definition) is 3. The molecule has 0 radical (unpaired) electrons. The summed E-state index contributed by atoms with van der Waals surface area (Å²) in [5.41, 5.74) is 4.40. The van der Waals surface area contributed by atoms with Crippen molar-refractivity contribution in [1.82, 2.24) is 4.90 Å². The molecule has 0 aromatic heterocycles. The van der Waals surface area contributed by atoms with Gasteiger partial charge in [0.25, 0.3) is 0 Å². The van der Waals surface area contributed by atoms with Crippen LogP contribution in [0.4, 0.5) is 17.1 Å². The number of aliphatic hydroxyl groups excluding tert-OH is 1. The highest BCUT2D eigenvalue weighted by molar-refractivity contribution is 5.95. The van der Waals surface area contributed by atoms with Crippen molar-refractivity contribution in [1.29, 1.82) is 0 Å². The maximum atomic E-state index is 11.7. The fourth-order valence-electron chi connectivity index (χ4n) is 4.18. The number of rotatable bonds is 7. The predicted molar refractivity (Wildman–Crippen MR) is 120 cm³/mol. The standard InChI is InChI=1S/C23H30N4O3/c1-30-19-7-5-17(6-8-19)24-15-18(28)16-26-11-13-27(14-12-26)22-4-2-3-21-20(22)9-10-23(29)25-21/h2-8,18,24,28H,9-16H2,1H3,(H,25,29). The highest BCUT2D eigenvalue weighted by atomic mass is 16.5. The maximum absolute atomic E-state index is 11.7. The smallest absolute Gasteiger partial charge is 0.224 e. The van der Waals surface area contributed by atoms with E-state index in [9.17, 15) is 9.90 Å². The number of anilines is 3. The van der Waals surface area contributed by atoms with Crippen molar-refractivity contribution in [2.24, 2.45) is 0 Å². The van der Waals surface area contributed by atoms with Crippen molar-refractivity contribution in [2.45, 2.75) is 18.9 Å². The number of β-amino-alcohol motifs (C(OH)–C–C–N with tert-alkyl or cyclic N) is 1. The van der Waals surface area contributed by atoms with E-state index in [1.54, 1.807) is 7.11 Å². The van der Waals surface area contributed by atoms with Gasteiger partial charge in [0.2, 0.25) is 5.91 Å². The lowest BCUT2D eigenvalue weighted by Crippen LogP contribution is -2.49. The Morgan fingerprint density at radius 1 is 1.10 bits per heavy atom. The third-order valence-electron chi connectivity index (χ3n) is 5.84. The number of methoxy groups -OCH3 is 1. The lowest BCUT2D eigenvalue weighted by molar-refractivity contribution is -0.116. The molecular formula is C23H30N4O3. The first-order chi connectivity index (χ1) is 14.6. The number of amides is 1. The number of hydrogen-bond acceptors (Lipinski definition) is 6. The van der Waals surface area contributed by atoms with Gasteiger partial charge in [-0.15, -0.1) is 0 Å². The van der Waals surface area contributed by atoms with Crippen LogP contribution in [0.1, 0.15) is 12.0 Å². The highest BCUT2D eigenvalue weighted by Crippen LogP contribution is 2.32. The zero-order valence-corrected chi connectivity index (χ0v) is 17.4. The summed E-state index contributed by atoms with van der Waals surface area (Å²) >= 11 is 0. The lowest BCUT2D eigenvalue weighted by Gasteiger charge is -2.38. The maximum Gasteiger partial charge on any atom is 0.224 e. The Hall–Kier alpha value is -2.77. The van der Waals surface area contributed by atoms with Gasteiger partial charge in [0.05, 0.1) is 13.2 Å². The van der Waals surface area contributed by atoms with Crippen LogP contribution in [0.3, 0.4) is 0 Å². The molecule has 0 bridgehead atoms. The summed E-state index contributed by atoms with van der Waals surface area (Å²) in [4.78, 5) is 16.4. The van der Waals surface area contributed by atoms with Gasteiger partial charge in [-0.05, 0) is 48.4 Å². The average Bonchev–Trinajstić information content (AvgIpc) is 2.78. The second-order valence-corrected chi connectivity index (χ2v) is 7.90. The van der Waals surface area contributed by atoms with Crippen LogP contribution in [-0.4, -0.2) is 68.4 Å². The number of carbonyl (C=O) groups is 1. The van der Waals surface area contributed by atoms with Crippen LogP contribution >= 0.6 is 0 Å². The molecule has 4 rings (SSSR count). The van der Waals surface area contributed by atoms with Crippen molar-refractivity contribution >= 4 is 23.0 Å². The number of ether oxygens (including phenoxy) is 1. The molecule has 160 valence electrons. The Bertz CT molecular complexity index is 863. The summed E-state index contributed by atoms with van der Waals surface area (Å²) in [6, 6.07) is 13.9. The molecule has 3 N–H and O–H groups in total. The van der Waals surface area contributed by atoms with E-state index in [0.29, 0.717) is 19.5 Å². The van der Waals surface area contributed by atoms with E-state index in [1.165, 1.54) is 11.3 Å². The number of carbonyl (C=O) groups excluding carboxylic acids is 1. The van der Waals surface area contributed by atoms with Gasteiger partial charge >= 0.3 is 0 Å². The van der Waals surface area contributed by atoms with Crippen molar-refractivity contribution in [3.63, 3.8) is 0 Å². The number of nitrogens with one attached hydrogen (secondary N) is 2. The topological polar surface area (TPSA) is 77.1 Å². The SMILES string of the molecule is COc1ccc(NCC(O)CN2CCN(c3cccc4c3CCC(=O)N4)CC2)cc1. The van der Waals surface area contributed by atoms with E-state index >= 15 is 0 Å². The second-order valence-electron chi connectivity index (χ2n) is 7.90. The first-order valence-electron chi connectivity index (χ1n) is 10.6. The summed E-state index contributed by atoms with van der Waals surface area (Å²) in [5.74, 6) is 0.919. The predicted octanol–water partition coefficient (Wildman–Crippen LogP) is 2.17. The molecule has 2 aromatic carbocycles. The molecule has 2 heterocycles. The molecule has 1 fully saturated rings. The number of aliphatic hydroxyl groups is 1. The number of fused-ring (bicyclic) bond motifs is 1. The van der Waals surface area contributed by atoms with Crippen LogP contribution in [0.15, 0.2) is 42.5 Å². The van der Waals surface area contributed by atoms with Crippen LogP contribution < -0.4 is 20.3 Å². The molecule has 7 nitrogen and oxygen atoms in total. The highest BCUT2D eigenvalue weighted by Gasteiger charge is 2.24. The van der Waals surface area contributed by atoms with Crippen LogP contribution in [0.2, 0.25) is 0 Å². The fourth-order valence-corrected chi connectivity index (χ4v) is 4.18. The molecule has 2 aliphatic rings. The van der Waals surface area contributed by atoms with Crippen LogP contribution in [0.25, 0.3) is 0 Å². The van der Waals surface area contributed by atoms with Gasteiger partial charge < -0.3 is 25.4 Å². The molecule has 7 heteroatoms. The van der Waals surface area contributed by atoms with E-state index in [4.69, 9.17) is 4.74 Å². The molecule has 1 amide bonds. The quantitative estimate of drug-likeness (QED) is 0.650. The average molecular weight is 411 g/mol. The zero-order chi connectivity index (χ0) is 20.9. The minimum Gasteiger partial charge on any atom is -0.497 e. The molecule has 1 saturated heterocycles. The Morgan fingerprint density at radius 2 is 1.87 bits per heavy atom. The second kappa shape index (κ2) is 9.36. The fraction of sp³-hybridized carbons (Fsp3) is 0.435. The van der Waals surface area contributed by atoms with Crippen molar-refractivity contribution < 1.29 is 14.6 Å². The number of nitrogens with zero attached hydrogens (tertiary/aromatic N) is 2. The summed E-state index contributed by atoms with van der Waals surface area (Å²) < 4.78 is 5.17. The molecule has 1 unspecified atom stereocenters. The van der Waals surface area contributed by atoms with Gasteiger partial charge in [0, 0.05) is 62.8 Å². The van der Waals surface area contributed by atoms with Crippen LogP contribution in [0.5, 0.6) is 5.75 Å². The van der Waals surface area contributed by atoms with Crippen LogP contribution in [-0.2, 0) is 11.2 Å². The zero-order valence-electron chi connectivity index (χ0n) is 17.4. The third-order valence-corrected chi connectivity index (χ3v) is 5.84. The Balaban J connectivity index is 1.25. The Morgan fingerprint density at radius 3 is 2.60 bits per heavy atom. The first kappa shape index (κ1) is 20.5. The van der Waals surface area contributed by atoms with Gasteiger partial charge in [-0.1, -0.05) is 6.07 Å². The van der Waals surface area contributed by atoms with Gasteiger partial charge in [0.1, 0.15) is 5.75 Å². The molecule has 30 heavy (non-hydrogen) atoms. The van der Waals surface area contributed by atoms with Crippen molar-refractivity contribution in [3.8, 4) is 5.75 Å². The molecule has 0 spiro atoms. The molecular weight excluding hydrogens is 380 g/mol. The minimum atomic E-state index is -0.432. The van der Waals surface area contributed by atoms with Crippen LogP contribution in [0, 0.1) is 0 Å². The molecule has 0 saturated carbocycles. The Kier molecular flexibility index (Phi) is 6.40. The van der Waals surface area contributed by atoms with E-state index in [2.05, 4.69) is 26.5 Å². The summed E-state index contributed by atoms with van der Waals surface area (Å²) in [5, 5.41) is 16.7. The lowest BCUT2D eigenvalue weighted by atomic mass is 10.00. The summed E-state index contributed by atoms with van der Waals surface area (Å²) in [7, 11) is 1.65. The largest absolute Gasteiger partial charge is 0.497 e. The molecule has 2 aliphatic heterocycles. The number of benzene rings is 2. The first-order valence-corrected chi connectivity index (χ1v) is 10.6. The van der Waals surface area contributed by atoms with Gasteiger partial charge in [0.15, 0.2) is 0 Å². The molecule has 0 aliphatic carbocycles. The number of piperazine rings is 1. The Labute approximate surface area is 177 Å². The minimum absolute atomic E-state index is 0.0988. The normalized spacial score (nSPS) is 17.8. The van der Waals surface area contributed by atoms with Gasteiger partial charge in [-0.2, -0.15) is 0 Å². The summed E-state index contributed by atoms with van der Waals surface area (Å²) in [6.07, 6.45) is 0.920. The van der Waals surface area contributed by atoms with Gasteiger partial charge in [-0.25, -0.2) is 0 Å². The third kappa shape index (κ3) is 4.86. The molecule has 2 aromatic rings. The van der Waals surface area contributed by atoms with E-state index in [0.717, 1.165) is 49.7 Å². The van der Waals surface area contributed by atoms with Crippen molar-refractivity contribution in [3.05, 3.63) is 48.0 Å². The monoisotopic (exact) mass is 410 g/mol.